The second-order valence-electron chi connectivity index (χ2n) is 14.1. The zero-order valence-corrected chi connectivity index (χ0v) is 32.8. The van der Waals surface area contributed by atoms with Gasteiger partial charge in [0.05, 0.1) is 13.7 Å². The van der Waals surface area contributed by atoms with E-state index in [9.17, 15) is 0 Å². The van der Waals surface area contributed by atoms with Crippen molar-refractivity contribution in [3.8, 4) is 33.6 Å². The number of hydrogen-bond donors (Lipinski definition) is 0. The summed E-state index contributed by atoms with van der Waals surface area (Å²) in [5.41, 5.74) is 10.0. The first kappa shape index (κ1) is 34.7. The molecule has 0 fully saturated rings. The van der Waals surface area contributed by atoms with Gasteiger partial charge in [-0.1, -0.05) is 124 Å². The molecule has 5 heteroatoms. The van der Waals surface area contributed by atoms with Crippen molar-refractivity contribution in [1.82, 2.24) is 9.97 Å². The van der Waals surface area contributed by atoms with E-state index in [1.807, 2.05) is 74.5 Å². The summed E-state index contributed by atoms with van der Waals surface area (Å²) < 4.78 is 14.6. The van der Waals surface area contributed by atoms with Gasteiger partial charge in [0.2, 0.25) is 0 Å². The Bertz CT molecular complexity index is 2200. The van der Waals surface area contributed by atoms with E-state index in [4.69, 9.17) is 5.79 Å². The van der Waals surface area contributed by atoms with Crippen molar-refractivity contribution in [2.75, 3.05) is 0 Å². The third-order valence-electron chi connectivity index (χ3n) is 8.54. The molecule has 0 amide bonds. The summed E-state index contributed by atoms with van der Waals surface area (Å²) in [6.45, 7) is 15.5. The van der Waals surface area contributed by atoms with Gasteiger partial charge in [-0.3, -0.25) is 0 Å². The van der Waals surface area contributed by atoms with Crippen LogP contribution in [0, 0.1) is 18.1 Å². The molecular formula is C44H44IrN2OSi-2. The number of furan rings is 1. The summed E-state index contributed by atoms with van der Waals surface area (Å²) in [4.78, 5) is 9.22. The smallest absolute Gasteiger partial charge is 0.121 e. The molecule has 251 valence electrons. The minimum absolute atomic E-state index is 0. The molecule has 0 bridgehead atoms. The topological polar surface area (TPSA) is 38.9 Å². The van der Waals surface area contributed by atoms with E-state index in [1.54, 1.807) is 6.20 Å². The fourth-order valence-electron chi connectivity index (χ4n) is 6.10. The van der Waals surface area contributed by atoms with Gasteiger partial charge in [0, 0.05) is 39.3 Å². The third-order valence-corrected chi connectivity index (χ3v) is 10.6. The van der Waals surface area contributed by atoms with Crippen LogP contribution in [0.15, 0.2) is 120 Å². The number of benzene rings is 4. The van der Waals surface area contributed by atoms with Crippen LogP contribution in [-0.2, 0) is 26.5 Å². The van der Waals surface area contributed by atoms with Gasteiger partial charge in [-0.25, -0.2) is 0 Å². The van der Waals surface area contributed by atoms with E-state index in [1.165, 1.54) is 10.8 Å². The van der Waals surface area contributed by atoms with Crippen LogP contribution in [0.5, 0.6) is 0 Å². The van der Waals surface area contributed by atoms with E-state index in [-0.39, 0.29) is 20.1 Å². The predicted molar refractivity (Wildman–Crippen MR) is 205 cm³/mol. The molecule has 0 saturated heterocycles. The normalized spacial score (nSPS) is 12.0. The minimum Gasteiger partial charge on any atom is -0.501 e. The molecule has 3 heterocycles. The Labute approximate surface area is 307 Å². The summed E-state index contributed by atoms with van der Waals surface area (Å²) in [7, 11) is -1.34. The maximum absolute atomic E-state index is 8.33. The average molecular weight is 838 g/mol. The van der Waals surface area contributed by atoms with Crippen molar-refractivity contribution in [2.45, 2.75) is 59.7 Å². The van der Waals surface area contributed by atoms with Crippen LogP contribution in [-0.4, -0.2) is 18.0 Å². The molecule has 4 aromatic carbocycles. The van der Waals surface area contributed by atoms with Crippen molar-refractivity contribution >= 4 is 35.2 Å². The average Bonchev–Trinajstić information content (AvgIpc) is 3.46. The minimum atomic E-state index is -1.34. The first-order chi connectivity index (χ1) is 23.4. The number of rotatable bonds is 7. The van der Waals surface area contributed by atoms with E-state index in [0.717, 1.165) is 67.6 Å². The van der Waals surface area contributed by atoms with E-state index >= 15 is 0 Å². The van der Waals surface area contributed by atoms with Crippen LogP contribution in [0.4, 0.5) is 0 Å². The van der Waals surface area contributed by atoms with Crippen molar-refractivity contribution in [1.29, 1.82) is 0 Å². The fraction of sp³-hybridized carbons (Fsp3) is 0.227. The molecule has 7 rings (SSSR count). The van der Waals surface area contributed by atoms with E-state index < -0.39 is 14.0 Å². The maximum Gasteiger partial charge on any atom is 0.121 e. The first-order valence-electron chi connectivity index (χ1n) is 17.2. The summed E-state index contributed by atoms with van der Waals surface area (Å²) in [6.07, 6.45) is 4.99. The standard InChI is InChI=1S/C26H20NO.C18H24NSi.Ir/c1-17(2)19-13-14-27-24(15-19)23-10-6-9-22-21-12-11-20(16-25(21)28-26(22)23)18-7-4-3-5-8-18;1-14(2)11-16-12-17(15-9-7-6-8-10-15)19-13-18(16)20(3,4)5;/h3-9,11-17H,1-2H3;6-9,12-14H,11H2,1-5H3;/q2*-1;/i17D;;. The van der Waals surface area contributed by atoms with Gasteiger partial charge in [0.15, 0.2) is 0 Å². The molecule has 0 saturated carbocycles. The van der Waals surface area contributed by atoms with Gasteiger partial charge in [-0.05, 0) is 58.1 Å². The van der Waals surface area contributed by atoms with Gasteiger partial charge >= 0.3 is 0 Å². The van der Waals surface area contributed by atoms with Crippen molar-refractivity contribution in [2.24, 2.45) is 5.92 Å². The molecule has 49 heavy (non-hydrogen) atoms. The Morgan fingerprint density at radius 3 is 2.22 bits per heavy atom. The second kappa shape index (κ2) is 15.6. The summed E-state index contributed by atoms with van der Waals surface area (Å²) >= 11 is 0. The van der Waals surface area contributed by atoms with Gasteiger partial charge in [0.1, 0.15) is 5.58 Å². The molecule has 7 aromatic rings. The van der Waals surface area contributed by atoms with Crippen LogP contribution >= 0.6 is 0 Å². The molecular weight excluding hydrogens is 793 g/mol. The van der Waals surface area contributed by atoms with Crippen molar-refractivity contribution < 1.29 is 25.9 Å². The van der Waals surface area contributed by atoms with Gasteiger partial charge in [0.25, 0.3) is 0 Å². The van der Waals surface area contributed by atoms with Crippen LogP contribution in [0.1, 0.15) is 46.1 Å². The molecule has 0 unspecified atom stereocenters. The molecule has 0 aliphatic carbocycles. The van der Waals surface area contributed by atoms with Crippen LogP contribution in [0.25, 0.3) is 55.6 Å². The Hall–Kier alpha value is -4.15. The number of hydrogen-bond acceptors (Lipinski definition) is 3. The number of fused-ring (bicyclic) bond motifs is 3. The molecule has 3 aromatic heterocycles. The van der Waals surface area contributed by atoms with Crippen LogP contribution in [0.3, 0.4) is 0 Å². The van der Waals surface area contributed by atoms with E-state index in [0.29, 0.717) is 5.92 Å². The molecule has 3 nitrogen and oxygen atoms in total. The largest absolute Gasteiger partial charge is 0.501 e. The first-order valence-corrected chi connectivity index (χ1v) is 20.2. The van der Waals surface area contributed by atoms with Crippen LogP contribution < -0.4 is 5.19 Å². The number of pyridine rings is 2. The van der Waals surface area contributed by atoms with Crippen molar-refractivity contribution in [3.63, 3.8) is 0 Å². The Morgan fingerprint density at radius 1 is 0.755 bits per heavy atom. The van der Waals surface area contributed by atoms with Gasteiger partial charge < -0.3 is 14.4 Å². The molecule has 0 aliphatic rings. The van der Waals surface area contributed by atoms with Gasteiger partial charge in [-0.2, -0.15) is 0 Å². The zero-order chi connectivity index (χ0) is 34.8. The monoisotopic (exact) mass is 838 g/mol. The summed E-state index contributed by atoms with van der Waals surface area (Å²) in [6, 6.07) is 41.3. The third kappa shape index (κ3) is 8.36. The van der Waals surface area contributed by atoms with Gasteiger partial charge in [-0.15, -0.1) is 54.1 Å². The number of nitrogens with zero attached hydrogens (tertiary/aromatic N) is 2. The fourth-order valence-corrected chi connectivity index (χ4v) is 7.69. The molecule has 0 aliphatic heterocycles. The molecule has 0 N–H and O–H groups in total. The Morgan fingerprint density at radius 2 is 1.53 bits per heavy atom. The van der Waals surface area contributed by atoms with Crippen LogP contribution in [0.2, 0.25) is 19.6 Å². The maximum atomic E-state index is 8.33. The summed E-state index contributed by atoms with van der Waals surface area (Å²) in [5, 5.41) is 3.61. The molecule has 0 atom stereocenters. The molecule has 0 spiro atoms. The second-order valence-corrected chi connectivity index (χ2v) is 19.1. The van der Waals surface area contributed by atoms with Crippen molar-refractivity contribution in [3.05, 3.63) is 139 Å². The predicted octanol–water partition coefficient (Wildman–Crippen LogP) is 11.5. The quantitative estimate of drug-likeness (QED) is 0.119. The molecule has 1 radical (unpaired) electrons. The Balaban J connectivity index is 0.000000204. The van der Waals surface area contributed by atoms with E-state index in [2.05, 4.69) is 104 Å². The SMILES string of the molecule is CC(C)Cc1cc(-c2[c-]cccc2)ncc1[Si](C)(C)C.[2H]C(C)(C)c1ccnc(-c2[c-]ccc3c2oc2cc(-c4ccccc4)ccc23)c1.[Ir]. The summed E-state index contributed by atoms with van der Waals surface area (Å²) in [5.74, 6) is -0.0237. The Kier molecular flexibility index (Phi) is 11.0. The number of aromatic nitrogens is 2. The zero-order valence-electron chi connectivity index (χ0n) is 30.4.